The predicted molar refractivity (Wildman–Crippen MR) is 119 cm³/mol. The van der Waals surface area contributed by atoms with Crippen LogP contribution in [0, 0.1) is 0 Å². The van der Waals surface area contributed by atoms with Gasteiger partial charge in [0, 0.05) is 5.69 Å². The minimum absolute atomic E-state index is 0.418. The molecule has 0 saturated carbocycles. The normalized spacial score (nSPS) is 10.3. The molecule has 3 aromatic carbocycles. The molecule has 0 bridgehead atoms. The van der Waals surface area contributed by atoms with E-state index in [2.05, 4.69) is 22.4 Å². The Bertz CT molecular complexity index is 1050. The number of ether oxygens (including phenoxy) is 2. The van der Waals surface area contributed by atoms with Crippen molar-refractivity contribution in [2.75, 3.05) is 11.9 Å². The predicted octanol–water partition coefficient (Wildman–Crippen LogP) is 4.13. The van der Waals surface area contributed by atoms with Gasteiger partial charge in [-0.05, 0) is 66.2 Å². The van der Waals surface area contributed by atoms with Crippen LogP contribution in [-0.2, 0) is 9.59 Å². The van der Waals surface area contributed by atoms with Gasteiger partial charge in [0.25, 0.3) is 0 Å². The first-order valence-corrected chi connectivity index (χ1v) is 9.45. The van der Waals surface area contributed by atoms with Crippen LogP contribution in [0.5, 0.6) is 17.2 Å². The molecule has 0 spiro atoms. The highest BCUT2D eigenvalue weighted by atomic mass is 16.5. The lowest BCUT2D eigenvalue weighted by molar-refractivity contribution is -0.136. The summed E-state index contributed by atoms with van der Waals surface area (Å²) < 4.78 is 11.1. The topological polar surface area (TPSA) is 89.0 Å². The lowest BCUT2D eigenvalue weighted by Crippen LogP contribution is -2.32. The maximum atomic E-state index is 12.0. The van der Waals surface area contributed by atoms with E-state index in [9.17, 15) is 9.59 Å². The van der Waals surface area contributed by atoms with E-state index in [0.717, 1.165) is 5.56 Å². The Morgan fingerprint density at radius 1 is 0.839 bits per heavy atom. The molecule has 0 radical (unpaired) electrons. The molecule has 7 nitrogen and oxygen atoms in total. The van der Waals surface area contributed by atoms with E-state index in [1.807, 2.05) is 30.3 Å². The summed E-state index contributed by atoms with van der Waals surface area (Å²) in [4.78, 5) is 24.0. The minimum atomic E-state index is -0.883. The third-order valence-electron chi connectivity index (χ3n) is 3.92. The van der Waals surface area contributed by atoms with Crippen molar-refractivity contribution in [1.29, 1.82) is 0 Å². The molecule has 0 aliphatic rings. The van der Waals surface area contributed by atoms with Gasteiger partial charge in [-0.3, -0.25) is 9.59 Å². The lowest BCUT2D eigenvalue weighted by Gasteiger charge is -2.07. The van der Waals surface area contributed by atoms with Crippen molar-refractivity contribution in [3.05, 3.63) is 97.1 Å². The van der Waals surface area contributed by atoms with Gasteiger partial charge >= 0.3 is 11.8 Å². The van der Waals surface area contributed by atoms with E-state index in [1.54, 1.807) is 54.6 Å². The number of para-hydroxylation sites is 1. The monoisotopic (exact) mass is 415 g/mol. The van der Waals surface area contributed by atoms with E-state index in [4.69, 9.17) is 9.47 Å². The number of amides is 2. The molecular formula is C24H21N3O4. The smallest absolute Gasteiger partial charge is 0.329 e. The highest BCUT2D eigenvalue weighted by Crippen LogP contribution is 2.22. The van der Waals surface area contributed by atoms with Gasteiger partial charge in [0.05, 0.1) is 6.21 Å². The highest BCUT2D eigenvalue weighted by molar-refractivity contribution is 6.39. The maximum absolute atomic E-state index is 12.0. The van der Waals surface area contributed by atoms with E-state index in [-0.39, 0.29) is 0 Å². The number of nitrogens with one attached hydrogen (secondary N) is 2. The highest BCUT2D eigenvalue weighted by Gasteiger charge is 2.12. The van der Waals surface area contributed by atoms with Crippen LogP contribution in [0.3, 0.4) is 0 Å². The van der Waals surface area contributed by atoms with Crippen molar-refractivity contribution in [3.8, 4) is 17.2 Å². The van der Waals surface area contributed by atoms with Crippen LogP contribution in [-0.4, -0.2) is 24.6 Å². The Morgan fingerprint density at radius 3 is 2.16 bits per heavy atom. The fourth-order valence-corrected chi connectivity index (χ4v) is 2.44. The van der Waals surface area contributed by atoms with Gasteiger partial charge in [-0.15, -0.1) is 0 Å². The molecule has 2 N–H and O–H groups in total. The second kappa shape index (κ2) is 11.0. The number of rotatable bonds is 8. The molecule has 0 atom stereocenters. The van der Waals surface area contributed by atoms with Crippen LogP contribution in [0.15, 0.2) is 96.6 Å². The molecule has 0 aliphatic heterocycles. The minimum Gasteiger partial charge on any atom is -0.490 e. The first kappa shape index (κ1) is 21.3. The Balaban J connectivity index is 1.47. The van der Waals surface area contributed by atoms with Gasteiger partial charge in [0.2, 0.25) is 0 Å². The van der Waals surface area contributed by atoms with Crippen molar-refractivity contribution in [2.24, 2.45) is 5.10 Å². The van der Waals surface area contributed by atoms with Gasteiger partial charge in [0.15, 0.2) is 0 Å². The molecular weight excluding hydrogens is 394 g/mol. The molecule has 0 unspecified atom stereocenters. The summed E-state index contributed by atoms with van der Waals surface area (Å²) in [6.07, 6.45) is 3.08. The van der Waals surface area contributed by atoms with Gasteiger partial charge in [-0.2, -0.15) is 5.10 Å². The third kappa shape index (κ3) is 6.86. The van der Waals surface area contributed by atoms with Gasteiger partial charge in [-0.25, -0.2) is 5.43 Å². The maximum Gasteiger partial charge on any atom is 0.329 e. The third-order valence-corrected chi connectivity index (χ3v) is 3.92. The zero-order valence-corrected chi connectivity index (χ0v) is 16.7. The SMILES string of the molecule is C=CCOc1ccc(/C=N\NC(=O)C(=O)Nc2ccc(Oc3ccccc3)cc2)cc1. The summed E-state index contributed by atoms with van der Waals surface area (Å²) in [5, 5.41) is 6.30. The van der Waals surface area contributed by atoms with E-state index >= 15 is 0 Å². The van der Waals surface area contributed by atoms with Crippen LogP contribution in [0.2, 0.25) is 0 Å². The molecule has 0 aliphatic carbocycles. The quantitative estimate of drug-likeness (QED) is 0.251. The van der Waals surface area contributed by atoms with Gasteiger partial charge in [-0.1, -0.05) is 30.9 Å². The number of anilines is 1. The molecule has 0 aromatic heterocycles. The van der Waals surface area contributed by atoms with E-state index in [0.29, 0.717) is 29.5 Å². The van der Waals surface area contributed by atoms with Crippen LogP contribution in [0.4, 0.5) is 5.69 Å². The molecule has 7 heteroatoms. The standard InChI is InChI=1S/C24H21N3O4/c1-2-16-30-20-12-8-18(9-13-20)17-25-27-24(29)23(28)26-19-10-14-22(15-11-19)31-21-6-4-3-5-7-21/h2-15,17H,1,16H2,(H,26,28)(H,27,29)/b25-17-. The van der Waals surface area contributed by atoms with Crippen molar-refractivity contribution in [1.82, 2.24) is 5.43 Å². The van der Waals surface area contributed by atoms with Crippen LogP contribution >= 0.6 is 0 Å². The number of hydrogen-bond acceptors (Lipinski definition) is 5. The molecule has 0 heterocycles. The Hall–Kier alpha value is -4.39. The lowest BCUT2D eigenvalue weighted by atomic mass is 10.2. The average Bonchev–Trinajstić information content (AvgIpc) is 2.80. The summed E-state index contributed by atoms with van der Waals surface area (Å²) in [6, 6.07) is 23.1. The van der Waals surface area contributed by atoms with Gasteiger partial charge < -0.3 is 14.8 Å². The molecule has 31 heavy (non-hydrogen) atoms. The second-order valence-electron chi connectivity index (χ2n) is 6.26. The summed E-state index contributed by atoms with van der Waals surface area (Å²) in [6.45, 7) is 4.00. The zero-order chi connectivity index (χ0) is 21.9. The van der Waals surface area contributed by atoms with Crippen LogP contribution in [0.1, 0.15) is 5.56 Å². The summed E-state index contributed by atoms with van der Waals surface area (Å²) in [5.41, 5.74) is 3.39. The second-order valence-corrected chi connectivity index (χ2v) is 6.26. The summed E-state index contributed by atoms with van der Waals surface area (Å²) >= 11 is 0. The number of hydrazone groups is 1. The largest absolute Gasteiger partial charge is 0.490 e. The van der Waals surface area contributed by atoms with E-state index < -0.39 is 11.8 Å². The van der Waals surface area contributed by atoms with Crippen LogP contribution in [0.25, 0.3) is 0 Å². The summed E-state index contributed by atoms with van der Waals surface area (Å²) in [5.74, 6) is 0.295. The summed E-state index contributed by atoms with van der Waals surface area (Å²) in [7, 11) is 0. The Morgan fingerprint density at radius 2 is 1.48 bits per heavy atom. The van der Waals surface area contributed by atoms with Crippen molar-refractivity contribution in [2.45, 2.75) is 0 Å². The molecule has 3 aromatic rings. The molecule has 3 rings (SSSR count). The fraction of sp³-hybridized carbons (Fsp3) is 0.0417. The van der Waals surface area contributed by atoms with Crippen molar-refractivity contribution >= 4 is 23.7 Å². The van der Waals surface area contributed by atoms with Gasteiger partial charge in [0.1, 0.15) is 23.9 Å². The number of hydrogen-bond donors (Lipinski definition) is 2. The molecule has 0 saturated heterocycles. The number of nitrogens with zero attached hydrogens (tertiary/aromatic N) is 1. The fourth-order valence-electron chi connectivity index (χ4n) is 2.44. The van der Waals surface area contributed by atoms with Crippen LogP contribution < -0.4 is 20.2 Å². The molecule has 156 valence electrons. The zero-order valence-electron chi connectivity index (χ0n) is 16.7. The first-order valence-electron chi connectivity index (χ1n) is 9.45. The average molecular weight is 415 g/mol. The number of carbonyl (C=O) groups excluding carboxylic acids is 2. The number of benzene rings is 3. The first-order chi connectivity index (χ1) is 15.1. The Labute approximate surface area is 180 Å². The molecule has 2 amide bonds. The Kier molecular flexibility index (Phi) is 7.54. The van der Waals surface area contributed by atoms with Crippen molar-refractivity contribution in [3.63, 3.8) is 0 Å². The number of carbonyl (C=O) groups is 2. The van der Waals surface area contributed by atoms with E-state index in [1.165, 1.54) is 6.21 Å². The van der Waals surface area contributed by atoms with Crippen molar-refractivity contribution < 1.29 is 19.1 Å². The molecule has 0 fully saturated rings.